The number of hydrogen-bond donors (Lipinski definition) is 2. The van der Waals surface area contributed by atoms with Crippen LogP contribution in [-0.2, 0) is 0 Å². The summed E-state index contributed by atoms with van der Waals surface area (Å²) in [6.45, 7) is 6.07. The Balaban J connectivity index is 1.54. The molecule has 128 valence electrons. The molecule has 6 nitrogen and oxygen atoms in total. The van der Waals surface area contributed by atoms with Gasteiger partial charge in [0, 0.05) is 38.6 Å². The molecule has 2 N–H and O–H groups in total. The summed E-state index contributed by atoms with van der Waals surface area (Å²) in [4.78, 5) is 17.0. The number of piperazine rings is 1. The zero-order valence-corrected chi connectivity index (χ0v) is 14.9. The van der Waals surface area contributed by atoms with Gasteiger partial charge >= 0.3 is 0 Å². The van der Waals surface area contributed by atoms with E-state index in [2.05, 4.69) is 25.5 Å². The topological polar surface area (TPSA) is 66.0 Å². The van der Waals surface area contributed by atoms with Crippen molar-refractivity contribution in [1.29, 1.82) is 0 Å². The first-order valence-electron chi connectivity index (χ1n) is 8.36. The van der Waals surface area contributed by atoms with Crippen LogP contribution in [0.3, 0.4) is 0 Å². The van der Waals surface area contributed by atoms with Crippen molar-refractivity contribution in [3.63, 3.8) is 0 Å². The molecule has 4 heterocycles. The molecule has 0 saturated carbocycles. The first kappa shape index (κ1) is 16.0. The van der Waals surface area contributed by atoms with Gasteiger partial charge in [-0.25, -0.2) is 15.0 Å². The maximum absolute atomic E-state index is 4.71. The second kappa shape index (κ2) is 7.16. The van der Waals surface area contributed by atoms with E-state index in [9.17, 15) is 0 Å². The third-order valence-corrected chi connectivity index (χ3v) is 5.13. The second-order valence-electron chi connectivity index (χ2n) is 6.00. The maximum atomic E-state index is 4.71. The molecule has 0 aromatic carbocycles. The molecule has 1 aliphatic heterocycles. The van der Waals surface area contributed by atoms with Gasteiger partial charge in [-0.15, -0.1) is 0 Å². The number of nitrogens with one attached hydrogen (secondary N) is 2. The predicted octanol–water partition coefficient (Wildman–Crippen LogP) is 3.06. The molecule has 7 heteroatoms. The van der Waals surface area contributed by atoms with Crippen LogP contribution in [-0.4, -0.2) is 41.1 Å². The average Bonchev–Trinajstić information content (AvgIpc) is 3.13. The van der Waals surface area contributed by atoms with E-state index in [0.29, 0.717) is 0 Å². The summed E-state index contributed by atoms with van der Waals surface area (Å²) in [5.41, 5.74) is 2.09. The lowest BCUT2D eigenvalue weighted by molar-refractivity contribution is 0.588. The second-order valence-corrected chi connectivity index (χ2v) is 7.00. The quantitative estimate of drug-likeness (QED) is 0.752. The van der Waals surface area contributed by atoms with Gasteiger partial charge in [-0.3, -0.25) is 0 Å². The monoisotopic (exact) mass is 352 g/mol. The molecule has 0 unspecified atom stereocenters. The van der Waals surface area contributed by atoms with Crippen molar-refractivity contribution >= 4 is 28.1 Å². The SMILES string of the molecule is Cc1ccnc(Nc2cccc(-c3cnc(N4CCNCC4)s3)n2)c1. The van der Waals surface area contributed by atoms with E-state index < -0.39 is 0 Å². The van der Waals surface area contributed by atoms with Gasteiger partial charge in [0.2, 0.25) is 0 Å². The smallest absolute Gasteiger partial charge is 0.185 e. The fourth-order valence-corrected chi connectivity index (χ4v) is 3.70. The van der Waals surface area contributed by atoms with E-state index in [4.69, 9.17) is 4.98 Å². The Bertz CT molecular complexity index is 856. The molecule has 4 rings (SSSR count). The number of nitrogens with zero attached hydrogens (tertiary/aromatic N) is 4. The highest BCUT2D eigenvalue weighted by Gasteiger charge is 2.15. The zero-order valence-electron chi connectivity index (χ0n) is 14.1. The molecule has 1 fully saturated rings. The normalized spacial score (nSPS) is 14.5. The molecule has 0 atom stereocenters. The van der Waals surface area contributed by atoms with Gasteiger partial charge in [-0.1, -0.05) is 17.4 Å². The highest BCUT2D eigenvalue weighted by Crippen LogP contribution is 2.31. The molecule has 3 aromatic heterocycles. The van der Waals surface area contributed by atoms with E-state index in [-0.39, 0.29) is 0 Å². The molecule has 0 radical (unpaired) electrons. The Morgan fingerprint density at radius 3 is 2.84 bits per heavy atom. The van der Waals surface area contributed by atoms with Crippen LogP contribution in [0.1, 0.15) is 5.56 Å². The zero-order chi connectivity index (χ0) is 17.1. The largest absolute Gasteiger partial charge is 0.346 e. The van der Waals surface area contributed by atoms with Gasteiger partial charge < -0.3 is 15.5 Å². The Morgan fingerprint density at radius 1 is 1.12 bits per heavy atom. The molecule has 3 aromatic rings. The van der Waals surface area contributed by atoms with Crippen LogP contribution in [0.25, 0.3) is 10.6 Å². The van der Waals surface area contributed by atoms with Gasteiger partial charge in [0.25, 0.3) is 0 Å². The third kappa shape index (κ3) is 3.78. The Hall–Kier alpha value is -2.51. The molecule has 0 amide bonds. The van der Waals surface area contributed by atoms with E-state index in [1.165, 1.54) is 0 Å². The maximum Gasteiger partial charge on any atom is 0.185 e. The number of aromatic nitrogens is 3. The summed E-state index contributed by atoms with van der Waals surface area (Å²) in [6, 6.07) is 9.95. The summed E-state index contributed by atoms with van der Waals surface area (Å²) in [5, 5.41) is 7.70. The van der Waals surface area contributed by atoms with Crippen LogP contribution >= 0.6 is 11.3 Å². The van der Waals surface area contributed by atoms with Gasteiger partial charge in [-0.05, 0) is 36.8 Å². The number of pyridine rings is 2. The summed E-state index contributed by atoms with van der Waals surface area (Å²) < 4.78 is 0. The summed E-state index contributed by atoms with van der Waals surface area (Å²) >= 11 is 1.69. The van der Waals surface area contributed by atoms with Crippen LogP contribution in [0, 0.1) is 6.92 Å². The van der Waals surface area contributed by atoms with Crippen molar-refractivity contribution in [3.05, 3.63) is 48.3 Å². The highest BCUT2D eigenvalue weighted by molar-refractivity contribution is 7.18. The van der Waals surface area contributed by atoms with Gasteiger partial charge in [0.05, 0.1) is 10.6 Å². The standard InChI is InChI=1S/C18H20N6S/c1-13-5-6-20-17(11-13)23-16-4-2-3-14(22-16)15-12-21-18(25-15)24-9-7-19-8-10-24/h2-6,11-12,19H,7-10H2,1H3,(H,20,22,23). The minimum Gasteiger partial charge on any atom is -0.346 e. The summed E-state index contributed by atoms with van der Waals surface area (Å²) in [7, 11) is 0. The lowest BCUT2D eigenvalue weighted by Gasteiger charge is -2.26. The number of anilines is 3. The van der Waals surface area contributed by atoms with E-state index in [1.807, 2.05) is 43.5 Å². The molecule has 1 aliphatic rings. The van der Waals surface area contributed by atoms with Gasteiger partial charge in [-0.2, -0.15) is 0 Å². The highest BCUT2D eigenvalue weighted by atomic mass is 32.1. The van der Waals surface area contributed by atoms with E-state index in [1.54, 1.807) is 17.5 Å². The van der Waals surface area contributed by atoms with Crippen molar-refractivity contribution in [3.8, 4) is 10.6 Å². The Kier molecular flexibility index (Phi) is 4.58. The van der Waals surface area contributed by atoms with Crippen LogP contribution < -0.4 is 15.5 Å². The van der Waals surface area contributed by atoms with Crippen molar-refractivity contribution in [2.24, 2.45) is 0 Å². The molecule has 1 saturated heterocycles. The molecular weight excluding hydrogens is 332 g/mol. The molecule has 25 heavy (non-hydrogen) atoms. The molecule has 0 bridgehead atoms. The van der Waals surface area contributed by atoms with Gasteiger partial charge in [0.15, 0.2) is 5.13 Å². The van der Waals surface area contributed by atoms with Gasteiger partial charge in [0.1, 0.15) is 11.6 Å². The Labute approximate surface area is 151 Å². The van der Waals surface area contributed by atoms with Crippen molar-refractivity contribution in [1.82, 2.24) is 20.3 Å². The van der Waals surface area contributed by atoms with Crippen LogP contribution in [0.4, 0.5) is 16.8 Å². The van der Waals surface area contributed by atoms with Crippen molar-refractivity contribution in [2.75, 3.05) is 36.4 Å². The minimum absolute atomic E-state index is 0.785. The van der Waals surface area contributed by atoms with Crippen LogP contribution in [0.5, 0.6) is 0 Å². The fourth-order valence-electron chi connectivity index (χ4n) is 2.76. The number of aryl methyl sites for hydroxylation is 1. The molecule has 0 spiro atoms. The predicted molar refractivity (Wildman–Crippen MR) is 103 cm³/mol. The minimum atomic E-state index is 0.785. The number of rotatable bonds is 4. The van der Waals surface area contributed by atoms with E-state index >= 15 is 0 Å². The summed E-state index contributed by atoms with van der Waals surface area (Å²) in [6.07, 6.45) is 3.71. The first-order valence-corrected chi connectivity index (χ1v) is 9.18. The third-order valence-electron chi connectivity index (χ3n) is 4.05. The molecule has 0 aliphatic carbocycles. The van der Waals surface area contributed by atoms with Crippen LogP contribution in [0.15, 0.2) is 42.7 Å². The van der Waals surface area contributed by atoms with Crippen LogP contribution in [0.2, 0.25) is 0 Å². The summed E-state index contributed by atoms with van der Waals surface area (Å²) in [5.74, 6) is 1.59. The van der Waals surface area contributed by atoms with Crippen molar-refractivity contribution < 1.29 is 0 Å². The lowest BCUT2D eigenvalue weighted by Crippen LogP contribution is -2.43. The Morgan fingerprint density at radius 2 is 2.00 bits per heavy atom. The number of hydrogen-bond acceptors (Lipinski definition) is 7. The average molecular weight is 352 g/mol. The van der Waals surface area contributed by atoms with E-state index in [0.717, 1.165) is 59.1 Å². The first-order chi connectivity index (χ1) is 12.3. The van der Waals surface area contributed by atoms with Crippen molar-refractivity contribution in [2.45, 2.75) is 6.92 Å². The fraction of sp³-hybridized carbons (Fsp3) is 0.278. The molecular formula is C18H20N6S. The lowest BCUT2D eigenvalue weighted by atomic mass is 10.3. The number of thiazole rings is 1.